The molecule has 4 aromatic rings. The number of aromatic amines is 1. The first-order valence-electron chi connectivity index (χ1n) is 10.5. The summed E-state index contributed by atoms with van der Waals surface area (Å²) in [5.74, 6) is 0.143. The van der Waals surface area contributed by atoms with Crippen molar-refractivity contribution < 1.29 is 21.6 Å². The molecule has 36 heavy (non-hydrogen) atoms. The Morgan fingerprint density at radius 1 is 1.14 bits per heavy atom. The molecule has 9 nitrogen and oxygen atoms in total. The first kappa shape index (κ1) is 25.1. The monoisotopic (exact) mass is 515 g/mol. The number of pyridine rings is 1. The summed E-state index contributed by atoms with van der Waals surface area (Å²) in [4.78, 5) is 18.8. The van der Waals surface area contributed by atoms with E-state index in [1.807, 2.05) is 6.92 Å². The summed E-state index contributed by atoms with van der Waals surface area (Å²) in [6, 6.07) is 6.92. The molecule has 0 bridgehead atoms. The maximum atomic E-state index is 13.2. The molecule has 13 heteroatoms. The smallest absolute Gasteiger partial charge is 0.348 e. The molecule has 1 atom stereocenters. The summed E-state index contributed by atoms with van der Waals surface area (Å²) in [5.41, 5.74) is 0.549. The van der Waals surface area contributed by atoms with E-state index in [2.05, 4.69) is 30.1 Å². The summed E-state index contributed by atoms with van der Waals surface area (Å²) in [6.07, 6.45) is -1.10. The molecule has 0 saturated heterocycles. The van der Waals surface area contributed by atoms with E-state index in [4.69, 9.17) is 6.57 Å². The Bertz CT molecular complexity index is 1570. The van der Waals surface area contributed by atoms with Crippen molar-refractivity contribution in [3.05, 3.63) is 71.5 Å². The number of alkyl halides is 3. The lowest BCUT2D eigenvalue weighted by Gasteiger charge is -2.16. The zero-order valence-corrected chi connectivity index (χ0v) is 20.1. The molecule has 4 rings (SSSR count). The van der Waals surface area contributed by atoms with Gasteiger partial charge in [-0.3, -0.25) is 0 Å². The van der Waals surface area contributed by atoms with Gasteiger partial charge in [-0.25, -0.2) is 32.5 Å². The molecule has 0 aliphatic heterocycles. The Morgan fingerprint density at radius 3 is 2.44 bits per heavy atom. The fourth-order valence-electron chi connectivity index (χ4n) is 3.50. The predicted octanol–water partition coefficient (Wildman–Crippen LogP) is 5.01. The van der Waals surface area contributed by atoms with Crippen LogP contribution in [-0.4, -0.2) is 46.8 Å². The van der Waals surface area contributed by atoms with Crippen LogP contribution in [0, 0.1) is 6.57 Å². The number of nitrogens with zero attached hydrogens (tertiary/aromatic N) is 5. The lowest BCUT2D eigenvalue weighted by Crippen LogP contribution is -2.22. The largest absolute Gasteiger partial charge is 0.417 e. The number of rotatable bonds is 6. The highest BCUT2D eigenvalue weighted by Crippen LogP contribution is 2.37. The van der Waals surface area contributed by atoms with Gasteiger partial charge in [-0.1, -0.05) is 12.1 Å². The maximum absolute atomic E-state index is 13.2. The van der Waals surface area contributed by atoms with Gasteiger partial charge in [-0.15, -0.1) is 0 Å². The zero-order chi connectivity index (χ0) is 26.3. The maximum Gasteiger partial charge on any atom is 0.417 e. The van der Waals surface area contributed by atoms with Crippen LogP contribution in [0.2, 0.25) is 0 Å². The van der Waals surface area contributed by atoms with Gasteiger partial charge < -0.3 is 10.3 Å². The molecule has 0 unspecified atom stereocenters. The summed E-state index contributed by atoms with van der Waals surface area (Å²) in [5, 5.41) is 3.26. The van der Waals surface area contributed by atoms with Crippen LogP contribution >= 0.6 is 0 Å². The van der Waals surface area contributed by atoms with Crippen molar-refractivity contribution in [3.8, 4) is 11.3 Å². The Balaban J connectivity index is 1.67. The third-order valence-electron chi connectivity index (χ3n) is 5.51. The van der Waals surface area contributed by atoms with E-state index in [-0.39, 0.29) is 44.9 Å². The van der Waals surface area contributed by atoms with Crippen LogP contribution in [0.3, 0.4) is 0 Å². The number of hydrogen-bond donors (Lipinski definition) is 2. The highest BCUT2D eigenvalue weighted by atomic mass is 32.2. The second-order valence-corrected chi connectivity index (χ2v) is 10.2. The molecule has 0 amide bonds. The van der Waals surface area contributed by atoms with Gasteiger partial charge in [-0.2, -0.15) is 13.2 Å². The number of fused-ring (bicyclic) bond motifs is 1. The number of nitrogens with one attached hydrogen (secondary N) is 2. The van der Waals surface area contributed by atoms with E-state index in [0.717, 1.165) is 22.1 Å². The minimum atomic E-state index is -4.58. The van der Waals surface area contributed by atoms with Crippen molar-refractivity contribution in [2.24, 2.45) is 0 Å². The molecule has 0 aliphatic carbocycles. The quantitative estimate of drug-likeness (QED) is 0.350. The molecule has 0 fully saturated rings. The van der Waals surface area contributed by atoms with Crippen LogP contribution in [0.1, 0.15) is 24.1 Å². The van der Waals surface area contributed by atoms with Gasteiger partial charge in [0.2, 0.25) is 21.7 Å². The van der Waals surface area contributed by atoms with E-state index in [1.54, 1.807) is 12.1 Å². The van der Waals surface area contributed by atoms with Crippen LogP contribution in [0.5, 0.6) is 0 Å². The van der Waals surface area contributed by atoms with Gasteiger partial charge in [0.1, 0.15) is 5.65 Å². The SMILES string of the molecule is [C-]#[N+]c1cnc(N[C@H](C)c2ccc(S(=O)(=O)N(C)C)cc2)nc1-c1c[nH]c2ncc(C(F)(F)F)cc12. The van der Waals surface area contributed by atoms with Crippen molar-refractivity contribution >= 4 is 32.7 Å². The first-order valence-corrected chi connectivity index (χ1v) is 11.9. The fourth-order valence-corrected chi connectivity index (χ4v) is 4.40. The van der Waals surface area contributed by atoms with Crippen LogP contribution < -0.4 is 5.32 Å². The summed E-state index contributed by atoms with van der Waals surface area (Å²) >= 11 is 0. The predicted molar refractivity (Wildman–Crippen MR) is 128 cm³/mol. The van der Waals surface area contributed by atoms with Crippen molar-refractivity contribution in [3.63, 3.8) is 0 Å². The molecule has 0 spiro atoms. The first-order chi connectivity index (χ1) is 16.9. The van der Waals surface area contributed by atoms with E-state index in [1.165, 1.54) is 38.6 Å². The van der Waals surface area contributed by atoms with Crippen LogP contribution in [0.15, 0.2) is 53.8 Å². The van der Waals surface area contributed by atoms with Gasteiger partial charge >= 0.3 is 6.18 Å². The van der Waals surface area contributed by atoms with Crippen molar-refractivity contribution in [2.45, 2.75) is 24.0 Å². The number of anilines is 1. The summed E-state index contributed by atoms with van der Waals surface area (Å²) < 4.78 is 65.4. The topological polar surface area (TPSA) is 108 Å². The molecule has 3 aromatic heterocycles. The highest BCUT2D eigenvalue weighted by molar-refractivity contribution is 7.89. The average molecular weight is 516 g/mol. The number of hydrogen-bond acceptors (Lipinski definition) is 6. The molecule has 186 valence electrons. The van der Waals surface area contributed by atoms with Gasteiger partial charge in [0, 0.05) is 43.6 Å². The standard InChI is InChI=1S/C23H20F3N7O2S/c1-13(14-5-7-16(8-6-14)36(34,35)33(3)4)31-22-30-12-19(27-2)20(32-22)18-11-29-21-17(18)9-15(10-28-21)23(24,25)26/h5-13H,1,3-4H3,(H,28,29)(H,30,31,32)/t13-/m1/s1. The zero-order valence-electron chi connectivity index (χ0n) is 19.3. The molecule has 1 aromatic carbocycles. The number of sulfonamides is 1. The van der Waals surface area contributed by atoms with Crippen LogP contribution in [-0.2, 0) is 16.2 Å². The Labute approximate surface area is 204 Å². The van der Waals surface area contributed by atoms with Gasteiger partial charge in [0.05, 0.1) is 28.8 Å². The molecule has 0 aliphatic rings. The normalized spacial score (nSPS) is 13.1. The number of benzene rings is 1. The van der Waals surface area contributed by atoms with Crippen LogP contribution in [0.25, 0.3) is 27.1 Å². The summed E-state index contributed by atoms with van der Waals surface area (Å²) in [7, 11) is -0.671. The highest BCUT2D eigenvalue weighted by Gasteiger charge is 2.31. The number of H-pyrrole nitrogens is 1. The lowest BCUT2D eigenvalue weighted by atomic mass is 10.1. The van der Waals surface area contributed by atoms with E-state index < -0.39 is 21.8 Å². The average Bonchev–Trinajstić information content (AvgIpc) is 3.26. The Kier molecular flexibility index (Phi) is 6.42. The minimum Gasteiger partial charge on any atom is -0.348 e. The van der Waals surface area contributed by atoms with Crippen molar-refractivity contribution in [1.29, 1.82) is 0 Å². The molecular weight excluding hydrogens is 495 g/mol. The second-order valence-electron chi connectivity index (χ2n) is 8.08. The lowest BCUT2D eigenvalue weighted by molar-refractivity contribution is -0.137. The van der Waals surface area contributed by atoms with E-state index in [9.17, 15) is 21.6 Å². The molecule has 0 radical (unpaired) electrons. The fraction of sp³-hybridized carbons (Fsp3) is 0.217. The third-order valence-corrected chi connectivity index (χ3v) is 7.34. The second kappa shape index (κ2) is 9.21. The van der Waals surface area contributed by atoms with Crippen molar-refractivity contribution in [1.82, 2.24) is 24.2 Å². The van der Waals surface area contributed by atoms with Crippen LogP contribution in [0.4, 0.5) is 24.8 Å². The minimum absolute atomic E-state index is 0.0600. The van der Waals surface area contributed by atoms with Gasteiger partial charge in [0.15, 0.2) is 0 Å². The summed E-state index contributed by atoms with van der Waals surface area (Å²) in [6.45, 7) is 9.26. The van der Waals surface area contributed by atoms with Gasteiger partial charge in [-0.05, 0) is 30.7 Å². The number of halogens is 3. The van der Waals surface area contributed by atoms with Crippen molar-refractivity contribution in [2.75, 3.05) is 19.4 Å². The third kappa shape index (κ3) is 4.73. The van der Waals surface area contributed by atoms with Gasteiger partial charge in [0.25, 0.3) is 0 Å². The molecular formula is C23H20F3N7O2S. The number of aromatic nitrogens is 4. The Morgan fingerprint density at radius 2 is 1.83 bits per heavy atom. The Hall–Kier alpha value is -4.02. The van der Waals surface area contributed by atoms with E-state index in [0.29, 0.717) is 0 Å². The van der Waals surface area contributed by atoms with E-state index >= 15 is 0 Å². The molecule has 2 N–H and O–H groups in total. The molecule has 3 heterocycles. The molecule has 0 saturated carbocycles.